The normalized spacial score (nSPS) is 18.5. The minimum absolute atomic E-state index is 0.223. The second-order valence-electron chi connectivity index (χ2n) is 4.80. The van der Waals surface area contributed by atoms with Gasteiger partial charge in [0.05, 0.1) is 0 Å². The summed E-state index contributed by atoms with van der Waals surface area (Å²) in [6.07, 6.45) is 6.45. The lowest BCUT2D eigenvalue weighted by molar-refractivity contribution is 0.745. The Hall–Kier alpha value is -0.180. The molecule has 1 nitrogen and oxygen atoms in total. The molecule has 0 bridgehead atoms. The number of hydrogen-bond acceptors (Lipinski definition) is 2. The van der Waals surface area contributed by atoms with Crippen LogP contribution in [-0.4, -0.2) is 17.0 Å². The van der Waals surface area contributed by atoms with E-state index in [1.54, 1.807) is 0 Å². The number of nitrogens with two attached hydrogens (primary N) is 1. The van der Waals surface area contributed by atoms with E-state index in [1.165, 1.54) is 31.2 Å². The molecule has 0 amide bonds. The van der Waals surface area contributed by atoms with Crippen LogP contribution in [0.5, 0.6) is 0 Å². The molecular formula is C14H20ClNS. The second-order valence-corrected chi connectivity index (χ2v) is 6.54. The Bertz CT molecular complexity index is 350. The third-order valence-corrected chi connectivity index (χ3v) is 5.22. The molecule has 1 aliphatic carbocycles. The van der Waals surface area contributed by atoms with Gasteiger partial charge in [-0.3, -0.25) is 0 Å². The lowest BCUT2D eigenvalue weighted by Gasteiger charge is -2.15. The zero-order valence-electron chi connectivity index (χ0n) is 10.1. The minimum atomic E-state index is 0.223. The van der Waals surface area contributed by atoms with Crippen molar-refractivity contribution in [1.29, 1.82) is 0 Å². The Morgan fingerprint density at radius 2 is 2.00 bits per heavy atom. The molecule has 3 heteroatoms. The maximum Gasteiger partial charge on any atom is 0.0438 e. The molecule has 0 spiro atoms. The number of benzene rings is 1. The molecule has 1 unspecified atom stereocenters. The lowest BCUT2D eigenvalue weighted by Crippen LogP contribution is -2.26. The summed E-state index contributed by atoms with van der Waals surface area (Å²) in [5.74, 6) is 1.05. The van der Waals surface area contributed by atoms with E-state index in [2.05, 4.69) is 6.07 Å². The van der Waals surface area contributed by atoms with E-state index in [9.17, 15) is 0 Å². The maximum atomic E-state index is 6.17. The third-order valence-electron chi connectivity index (χ3n) is 3.29. The Morgan fingerprint density at radius 3 is 2.71 bits per heavy atom. The van der Waals surface area contributed by atoms with Crippen LogP contribution in [0.25, 0.3) is 0 Å². The highest BCUT2D eigenvalue weighted by molar-refractivity contribution is 7.99. The van der Waals surface area contributed by atoms with E-state index in [0.717, 1.165) is 22.4 Å². The highest BCUT2D eigenvalue weighted by Crippen LogP contribution is 2.30. The SMILES string of the molecule is NC(CSC1CCCC1)Cc1ccccc1Cl. The van der Waals surface area contributed by atoms with Crippen LogP contribution >= 0.6 is 23.4 Å². The van der Waals surface area contributed by atoms with Gasteiger partial charge in [0.1, 0.15) is 0 Å². The first-order valence-electron chi connectivity index (χ1n) is 6.36. The van der Waals surface area contributed by atoms with Gasteiger partial charge in [-0.05, 0) is 30.9 Å². The second kappa shape index (κ2) is 6.67. The first kappa shape index (κ1) is 13.3. The van der Waals surface area contributed by atoms with Gasteiger partial charge in [-0.1, -0.05) is 42.6 Å². The predicted octanol–water partition coefficient (Wildman–Crippen LogP) is 3.89. The molecule has 0 heterocycles. The van der Waals surface area contributed by atoms with Crippen LogP contribution in [0.1, 0.15) is 31.2 Å². The Kier molecular flexibility index (Phi) is 5.20. The fourth-order valence-corrected chi connectivity index (χ4v) is 3.84. The molecule has 0 aromatic heterocycles. The van der Waals surface area contributed by atoms with Crippen molar-refractivity contribution >= 4 is 23.4 Å². The Morgan fingerprint density at radius 1 is 1.29 bits per heavy atom. The molecule has 1 aromatic carbocycles. The molecule has 1 aliphatic rings. The summed E-state index contributed by atoms with van der Waals surface area (Å²) in [5, 5.41) is 1.70. The Balaban J connectivity index is 1.76. The fourth-order valence-electron chi connectivity index (χ4n) is 2.32. The summed E-state index contributed by atoms with van der Waals surface area (Å²) < 4.78 is 0. The average Bonchev–Trinajstić information content (AvgIpc) is 2.82. The van der Waals surface area contributed by atoms with Gasteiger partial charge in [0.15, 0.2) is 0 Å². The predicted molar refractivity (Wildman–Crippen MR) is 77.8 cm³/mol. The number of halogens is 1. The number of thioether (sulfide) groups is 1. The molecule has 1 fully saturated rings. The van der Waals surface area contributed by atoms with E-state index in [0.29, 0.717) is 0 Å². The van der Waals surface area contributed by atoms with Gasteiger partial charge in [-0.2, -0.15) is 11.8 Å². The standard InChI is InChI=1S/C14H20ClNS/c15-14-8-4-1-5-11(14)9-12(16)10-17-13-6-2-3-7-13/h1,4-5,8,12-13H,2-3,6-7,9-10,16H2. The van der Waals surface area contributed by atoms with Crippen molar-refractivity contribution in [2.75, 3.05) is 5.75 Å². The highest BCUT2D eigenvalue weighted by Gasteiger charge is 2.16. The van der Waals surface area contributed by atoms with Gasteiger partial charge < -0.3 is 5.73 Å². The molecule has 1 aromatic rings. The van der Waals surface area contributed by atoms with Crippen LogP contribution in [0.2, 0.25) is 5.02 Å². The van der Waals surface area contributed by atoms with Crippen molar-refractivity contribution in [2.45, 2.75) is 43.4 Å². The summed E-state index contributed by atoms with van der Waals surface area (Å²) in [6.45, 7) is 0. The van der Waals surface area contributed by atoms with Crippen molar-refractivity contribution in [3.05, 3.63) is 34.9 Å². The quantitative estimate of drug-likeness (QED) is 0.878. The van der Waals surface area contributed by atoms with Gasteiger partial charge in [-0.25, -0.2) is 0 Å². The Labute approximate surface area is 113 Å². The largest absolute Gasteiger partial charge is 0.327 e. The van der Waals surface area contributed by atoms with Crippen molar-refractivity contribution in [1.82, 2.24) is 0 Å². The van der Waals surface area contributed by atoms with Crippen LogP contribution in [0.15, 0.2) is 24.3 Å². The zero-order valence-corrected chi connectivity index (χ0v) is 11.6. The monoisotopic (exact) mass is 269 g/mol. The maximum absolute atomic E-state index is 6.17. The van der Waals surface area contributed by atoms with Crippen LogP contribution in [0.4, 0.5) is 0 Å². The van der Waals surface area contributed by atoms with Crippen molar-refractivity contribution in [3.63, 3.8) is 0 Å². The van der Waals surface area contributed by atoms with Gasteiger partial charge in [-0.15, -0.1) is 0 Å². The third kappa shape index (κ3) is 4.20. The summed E-state index contributed by atoms with van der Waals surface area (Å²) >= 11 is 8.18. The summed E-state index contributed by atoms with van der Waals surface area (Å²) in [4.78, 5) is 0. The van der Waals surface area contributed by atoms with E-state index in [1.807, 2.05) is 30.0 Å². The summed E-state index contributed by atoms with van der Waals surface area (Å²) in [7, 11) is 0. The topological polar surface area (TPSA) is 26.0 Å². The number of rotatable bonds is 5. The summed E-state index contributed by atoms with van der Waals surface area (Å²) in [6, 6.07) is 8.22. The van der Waals surface area contributed by atoms with Crippen molar-refractivity contribution in [2.24, 2.45) is 5.73 Å². The van der Waals surface area contributed by atoms with Gasteiger partial charge in [0, 0.05) is 22.1 Å². The van der Waals surface area contributed by atoms with E-state index < -0.39 is 0 Å². The number of hydrogen-bond donors (Lipinski definition) is 1. The van der Waals surface area contributed by atoms with Crippen molar-refractivity contribution in [3.8, 4) is 0 Å². The van der Waals surface area contributed by atoms with Gasteiger partial charge >= 0.3 is 0 Å². The molecule has 2 N–H and O–H groups in total. The van der Waals surface area contributed by atoms with Crippen LogP contribution < -0.4 is 5.73 Å². The lowest BCUT2D eigenvalue weighted by atomic mass is 10.1. The molecule has 1 atom stereocenters. The van der Waals surface area contributed by atoms with Crippen molar-refractivity contribution < 1.29 is 0 Å². The molecule has 94 valence electrons. The smallest absolute Gasteiger partial charge is 0.0438 e. The highest BCUT2D eigenvalue weighted by atomic mass is 35.5. The van der Waals surface area contributed by atoms with E-state index in [4.69, 9.17) is 17.3 Å². The molecular weight excluding hydrogens is 250 g/mol. The van der Waals surface area contributed by atoms with Gasteiger partial charge in [0.2, 0.25) is 0 Å². The molecule has 0 aliphatic heterocycles. The molecule has 2 rings (SSSR count). The first-order chi connectivity index (χ1) is 8.25. The van der Waals surface area contributed by atoms with E-state index in [-0.39, 0.29) is 6.04 Å². The fraction of sp³-hybridized carbons (Fsp3) is 0.571. The van der Waals surface area contributed by atoms with Crippen LogP contribution in [-0.2, 0) is 6.42 Å². The average molecular weight is 270 g/mol. The van der Waals surface area contributed by atoms with Crippen LogP contribution in [0.3, 0.4) is 0 Å². The molecule has 0 saturated heterocycles. The van der Waals surface area contributed by atoms with Crippen LogP contribution in [0, 0.1) is 0 Å². The zero-order chi connectivity index (χ0) is 12.1. The minimum Gasteiger partial charge on any atom is -0.327 e. The molecule has 1 saturated carbocycles. The summed E-state index contributed by atoms with van der Waals surface area (Å²) in [5.41, 5.74) is 7.35. The van der Waals surface area contributed by atoms with E-state index >= 15 is 0 Å². The first-order valence-corrected chi connectivity index (χ1v) is 7.79. The molecule has 0 radical (unpaired) electrons. The van der Waals surface area contributed by atoms with Gasteiger partial charge in [0.25, 0.3) is 0 Å². The molecule has 17 heavy (non-hydrogen) atoms.